The van der Waals surface area contributed by atoms with E-state index in [2.05, 4.69) is 10.1 Å². The molecule has 42 heavy (non-hydrogen) atoms. The molecule has 2 heterocycles. The molecule has 1 saturated carbocycles. The minimum atomic E-state index is -0.604. The van der Waals surface area contributed by atoms with Crippen LogP contribution in [0.1, 0.15) is 67.3 Å². The van der Waals surface area contributed by atoms with E-state index in [0.29, 0.717) is 27.4 Å². The molecule has 0 bridgehead atoms. The van der Waals surface area contributed by atoms with Crippen LogP contribution in [0, 0.1) is 6.92 Å². The summed E-state index contributed by atoms with van der Waals surface area (Å²) in [6.07, 6.45) is 7.49. The molecule has 4 aromatic rings. The lowest BCUT2D eigenvalue weighted by Gasteiger charge is -2.45. The lowest BCUT2D eigenvalue weighted by molar-refractivity contribution is -0.148. The SMILES string of the molecule is Cc1cn(C(=O)c2c(-c3c(Cl)cc(Cl)cc3Cl)noc2C2(N(C)C)CCC2)c2cccc(/C=C/C(=O)OC(C)(C)C)c12. The van der Waals surface area contributed by atoms with Gasteiger partial charge in [-0.2, -0.15) is 0 Å². The summed E-state index contributed by atoms with van der Waals surface area (Å²) < 4.78 is 13.0. The van der Waals surface area contributed by atoms with Crippen LogP contribution < -0.4 is 0 Å². The van der Waals surface area contributed by atoms with E-state index >= 15 is 0 Å². The maximum atomic E-state index is 14.6. The highest BCUT2D eigenvalue weighted by Gasteiger charge is 2.48. The Labute approximate surface area is 259 Å². The molecule has 1 fully saturated rings. The van der Waals surface area contributed by atoms with E-state index < -0.39 is 17.1 Å². The summed E-state index contributed by atoms with van der Waals surface area (Å²) >= 11 is 19.4. The molecule has 0 radical (unpaired) electrons. The van der Waals surface area contributed by atoms with Crippen molar-refractivity contribution in [2.45, 2.75) is 58.1 Å². The molecule has 0 amide bonds. The van der Waals surface area contributed by atoms with Crippen molar-refractivity contribution in [3.8, 4) is 11.3 Å². The number of benzene rings is 2. The number of fused-ring (bicyclic) bond motifs is 1. The van der Waals surface area contributed by atoms with Crippen LogP contribution in [0.15, 0.2) is 47.1 Å². The summed E-state index contributed by atoms with van der Waals surface area (Å²) in [6, 6.07) is 8.73. The van der Waals surface area contributed by atoms with Gasteiger partial charge < -0.3 is 9.26 Å². The first-order valence-corrected chi connectivity index (χ1v) is 14.8. The first kappa shape index (κ1) is 30.4. The fourth-order valence-electron chi connectivity index (χ4n) is 5.57. The third-order valence-electron chi connectivity index (χ3n) is 7.68. The number of aryl methyl sites for hydroxylation is 1. The van der Waals surface area contributed by atoms with E-state index in [9.17, 15) is 9.59 Å². The Kier molecular flexibility index (Phi) is 8.09. The maximum absolute atomic E-state index is 14.6. The van der Waals surface area contributed by atoms with E-state index in [-0.39, 0.29) is 21.6 Å². The van der Waals surface area contributed by atoms with E-state index in [4.69, 9.17) is 44.1 Å². The molecular formula is C32H32Cl3N3O4. The summed E-state index contributed by atoms with van der Waals surface area (Å²) in [5.74, 6) is -0.304. The number of carbonyl (C=O) groups is 2. The van der Waals surface area contributed by atoms with Crippen LogP contribution in [0.3, 0.4) is 0 Å². The third kappa shape index (κ3) is 5.39. The molecule has 0 N–H and O–H groups in total. The number of carbonyl (C=O) groups excluding carboxylic acids is 2. The lowest BCUT2D eigenvalue weighted by atomic mass is 9.72. The highest BCUT2D eigenvalue weighted by Crippen LogP contribution is 2.49. The number of esters is 1. The van der Waals surface area contributed by atoms with Gasteiger partial charge in [0.2, 0.25) is 0 Å². The van der Waals surface area contributed by atoms with Gasteiger partial charge in [-0.15, -0.1) is 0 Å². The van der Waals surface area contributed by atoms with Crippen LogP contribution in [0.4, 0.5) is 0 Å². The standard InChI is InChI=1S/C32H32Cl3N3O4/c1-18-17-38(23-10-7-9-19(25(18)23)11-12-24(39)41-31(2,3)4)30(40)27-28(26-21(34)15-20(33)16-22(26)35)36-42-29(27)32(37(5)6)13-8-14-32/h7,9-12,15-17H,8,13-14H2,1-6H3/b12-11+. The Bertz CT molecular complexity index is 1720. The highest BCUT2D eigenvalue weighted by molar-refractivity contribution is 6.42. The maximum Gasteiger partial charge on any atom is 0.331 e. The van der Waals surface area contributed by atoms with Gasteiger partial charge in [0.25, 0.3) is 5.91 Å². The molecular weight excluding hydrogens is 597 g/mol. The fourth-order valence-corrected chi connectivity index (χ4v) is 6.57. The van der Waals surface area contributed by atoms with Crippen molar-refractivity contribution < 1.29 is 18.8 Å². The van der Waals surface area contributed by atoms with Gasteiger partial charge in [-0.25, -0.2) is 4.79 Å². The predicted molar refractivity (Wildman–Crippen MR) is 167 cm³/mol. The minimum Gasteiger partial charge on any atom is -0.457 e. The average Bonchev–Trinajstić information content (AvgIpc) is 3.42. The third-order valence-corrected chi connectivity index (χ3v) is 8.50. The number of aromatic nitrogens is 2. The Morgan fingerprint density at radius 2 is 1.79 bits per heavy atom. The van der Waals surface area contributed by atoms with Crippen molar-refractivity contribution in [1.82, 2.24) is 14.6 Å². The van der Waals surface area contributed by atoms with Crippen LogP contribution in [-0.2, 0) is 15.1 Å². The molecule has 0 unspecified atom stereocenters. The second-order valence-electron chi connectivity index (χ2n) is 11.9. The van der Waals surface area contributed by atoms with Gasteiger partial charge in [0.15, 0.2) is 5.76 Å². The summed E-state index contributed by atoms with van der Waals surface area (Å²) in [6.45, 7) is 7.37. The van der Waals surface area contributed by atoms with Crippen molar-refractivity contribution in [2.24, 2.45) is 0 Å². The molecule has 2 aromatic heterocycles. The first-order valence-electron chi connectivity index (χ1n) is 13.6. The average molecular weight is 629 g/mol. The van der Waals surface area contributed by atoms with Gasteiger partial charge in [0.05, 0.1) is 21.1 Å². The number of halogens is 3. The quantitative estimate of drug-likeness (QED) is 0.157. The van der Waals surface area contributed by atoms with Gasteiger partial charge in [-0.3, -0.25) is 14.3 Å². The predicted octanol–water partition coefficient (Wildman–Crippen LogP) is 8.55. The Morgan fingerprint density at radius 1 is 1.12 bits per heavy atom. The van der Waals surface area contributed by atoms with E-state index in [0.717, 1.165) is 35.8 Å². The second-order valence-corrected chi connectivity index (χ2v) is 13.1. The molecule has 2 aromatic carbocycles. The van der Waals surface area contributed by atoms with Crippen LogP contribution in [0.5, 0.6) is 0 Å². The number of hydrogen-bond acceptors (Lipinski definition) is 6. The zero-order chi connectivity index (χ0) is 30.6. The van der Waals surface area contributed by atoms with E-state index in [1.165, 1.54) is 6.08 Å². The summed E-state index contributed by atoms with van der Waals surface area (Å²) in [7, 11) is 3.94. The largest absolute Gasteiger partial charge is 0.457 e. The molecule has 5 rings (SSSR count). The van der Waals surface area contributed by atoms with Gasteiger partial charge in [-0.05, 0) is 96.5 Å². The van der Waals surface area contributed by atoms with Gasteiger partial charge in [-0.1, -0.05) is 52.1 Å². The molecule has 0 saturated heterocycles. The zero-order valence-corrected chi connectivity index (χ0v) is 26.6. The number of nitrogens with zero attached hydrogens (tertiary/aromatic N) is 3. The van der Waals surface area contributed by atoms with Crippen LogP contribution in [0.2, 0.25) is 15.1 Å². The number of rotatable bonds is 6. The van der Waals surface area contributed by atoms with Gasteiger partial charge in [0.1, 0.15) is 16.9 Å². The molecule has 0 spiro atoms. The Morgan fingerprint density at radius 3 is 2.36 bits per heavy atom. The Hall–Kier alpha value is -3.10. The summed E-state index contributed by atoms with van der Waals surface area (Å²) in [5.41, 5.74) is 2.13. The van der Waals surface area contributed by atoms with Crippen molar-refractivity contribution in [3.63, 3.8) is 0 Å². The summed E-state index contributed by atoms with van der Waals surface area (Å²) in [5, 5.41) is 6.11. The fraction of sp³-hybridized carbons (Fsp3) is 0.344. The molecule has 10 heteroatoms. The highest BCUT2D eigenvalue weighted by atomic mass is 35.5. The van der Waals surface area contributed by atoms with Crippen molar-refractivity contribution in [2.75, 3.05) is 14.1 Å². The van der Waals surface area contributed by atoms with Crippen LogP contribution in [0.25, 0.3) is 28.2 Å². The lowest BCUT2D eigenvalue weighted by Crippen LogP contribution is -2.47. The van der Waals surface area contributed by atoms with E-state index in [1.807, 2.05) is 60.0 Å². The van der Waals surface area contributed by atoms with E-state index in [1.54, 1.807) is 29.0 Å². The van der Waals surface area contributed by atoms with Crippen molar-refractivity contribution in [3.05, 3.63) is 80.1 Å². The van der Waals surface area contributed by atoms with Crippen LogP contribution in [-0.4, -0.2) is 46.2 Å². The monoisotopic (exact) mass is 627 g/mol. The zero-order valence-electron chi connectivity index (χ0n) is 24.3. The second kappa shape index (κ2) is 11.2. The molecule has 1 aliphatic rings. The minimum absolute atomic E-state index is 0.260. The van der Waals surface area contributed by atoms with Gasteiger partial charge >= 0.3 is 5.97 Å². The topological polar surface area (TPSA) is 77.6 Å². The first-order chi connectivity index (χ1) is 19.7. The van der Waals surface area contributed by atoms with Crippen molar-refractivity contribution in [1.29, 1.82) is 0 Å². The molecule has 1 aliphatic carbocycles. The Balaban J connectivity index is 1.68. The smallest absolute Gasteiger partial charge is 0.331 e. The molecule has 7 nitrogen and oxygen atoms in total. The number of hydrogen-bond donors (Lipinski definition) is 0. The van der Waals surface area contributed by atoms with Gasteiger partial charge in [0, 0.05) is 28.2 Å². The molecule has 220 valence electrons. The normalized spacial score (nSPS) is 15.0. The number of ether oxygens (including phenoxy) is 1. The van der Waals surface area contributed by atoms with Crippen LogP contribution >= 0.6 is 34.8 Å². The van der Waals surface area contributed by atoms with Crippen molar-refractivity contribution >= 4 is 63.7 Å². The molecule has 0 aliphatic heterocycles. The molecule has 0 atom stereocenters. The summed E-state index contributed by atoms with van der Waals surface area (Å²) in [4.78, 5) is 29.1.